The van der Waals surface area contributed by atoms with E-state index in [9.17, 15) is 14.4 Å². The third kappa shape index (κ3) is 4.23. The molecule has 0 saturated heterocycles. The second kappa shape index (κ2) is 7.16. The van der Waals surface area contributed by atoms with Crippen LogP contribution in [0.15, 0.2) is 30.3 Å². The van der Waals surface area contributed by atoms with Crippen molar-refractivity contribution in [2.24, 2.45) is 0 Å². The number of hydrogen-bond donors (Lipinski definition) is 3. The quantitative estimate of drug-likeness (QED) is 0.688. The van der Waals surface area contributed by atoms with Crippen LogP contribution >= 0.6 is 0 Å². The van der Waals surface area contributed by atoms with Crippen molar-refractivity contribution in [1.82, 2.24) is 15.5 Å². The molecule has 8 heteroatoms. The summed E-state index contributed by atoms with van der Waals surface area (Å²) < 4.78 is 4.46. The lowest BCUT2D eigenvalue weighted by atomic mass is 10.2. The van der Waals surface area contributed by atoms with Crippen molar-refractivity contribution < 1.29 is 19.1 Å². The molecule has 1 saturated carbocycles. The maximum atomic E-state index is 12.3. The molecule has 0 spiro atoms. The number of aromatic amines is 1. The predicted octanol–water partition coefficient (Wildman–Crippen LogP) is 1.44. The summed E-state index contributed by atoms with van der Waals surface area (Å²) in [5.41, 5.74) is 2.07. The minimum Gasteiger partial charge on any atom is -0.468 e. The third-order valence-electron chi connectivity index (χ3n) is 3.85. The number of amides is 2. The molecule has 8 nitrogen and oxygen atoms in total. The normalized spacial score (nSPS) is 13.2. The zero-order chi connectivity index (χ0) is 17.8. The third-order valence-corrected chi connectivity index (χ3v) is 3.85. The summed E-state index contributed by atoms with van der Waals surface area (Å²) in [6.45, 7) is -0.219. The standard InChI is InChI=1S/C17H18N4O4/c1-25-15(22)9-18-16(23)11-3-2-4-12(7-11)19-17(24)14-8-13(20-21-14)10-5-6-10/h2-4,7-8,10H,5-6,9H2,1H3,(H,18,23)(H,19,24)(H,20,21). The largest absolute Gasteiger partial charge is 0.468 e. The Kier molecular flexibility index (Phi) is 4.78. The van der Waals surface area contributed by atoms with E-state index in [2.05, 4.69) is 25.6 Å². The Morgan fingerprint density at radius 1 is 1.24 bits per heavy atom. The van der Waals surface area contributed by atoms with Crippen LogP contribution in [-0.4, -0.2) is 41.6 Å². The summed E-state index contributed by atoms with van der Waals surface area (Å²) in [7, 11) is 1.24. The number of methoxy groups -OCH3 is 1. The maximum absolute atomic E-state index is 12.3. The Hall–Kier alpha value is -3.16. The number of aromatic nitrogens is 2. The second-order valence-electron chi connectivity index (χ2n) is 5.78. The van der Waals surface area contributed by atoms with Crippen LogP contribution in [0.2, 0.25) is 0 Å². The molecule has 1 aromatic heterocycles. The fourth-order valence-corrected chi connectivity index (χ4v) is 2.32. The number of rotatable bonds is 6. The molecule has 2 aromatic rings. The zero-order valence-electron chi connectivity index (χ0n) is 13.7. The average molecular weight is 342 g/mol. The van der Waals surface area contributed by atoms with Gasteiger partial charge < -0.3 is 15.4 Å². The summed E-state index contributed by atoms with van der Waals surface area (Å²) in [5, 5.41) is 12.0. The van der Waals surface area contributed by atoms with Gasteiger partial charge in [-0.25, -0.2) is 0 Å². The van der Waals surface area contributed by atoms with Gasteiger partial charge in [-0.2, -0.15) is 5.10 Å². The molecule has 1 fully saturated rings. The van der Waals surface area contributed by atoms with E-state index in [1.165, 1.54) is 13.2 Å². The molecule has 1 aliphatic carbocycles. The van der Waals surface area contributed by atoms with Crippen LogP contribution in [0.25, 0.3) is 0 Å². The van der Waals surface area contributed by atoms with Gasteiger partial charge in [0.2, 0.25) is 0 Å². The number of anilines is 1. The molecule has 0 bridgehead atoms. The summed E-state index contributed by atoms with van der Waals surface area (Å²) in [6, 6.07) is 8.17. The van der Waals surface area contributed by atoms with Crippen LogP contribution < -0.4 is 10.6 Å². The second-order valence-corrected chi connectivity index (χ2v) is 5.78. The molecule has 3 N–H and O–H groups in total. The monoisotopic (exact) mass is 342 g/mol. The molecule has 1 heterocycles. The van der Waals surface area contributed by atoms with Gasteiger partial charge >= 0.3 is 5.97 Å². The van der Waals surface area contributed by atoms with Crippen molar-refractivity contribution in [2.75, 3.05) is 19.0 Å². The van der Waals surface area contributed by atoms with E-state index in [1.54, 1.807) is 24.3 Å². The Morgan fingerprint density at radius 2 is 2.04 bits per heavy atom. The number of nitrogens with one attached hydrogen (secondary N) is 3. The molecule has 0 aliphatic heterocycles. The van der Waals surface area contributed by atoms with Gasteiger partial charge in [-0.3, -0.25) is 19.5 Å². The number of hydrogen-bond acceptors (Lipinski definition) is 5. The number of carbonyl (C=O) groups is 3. The average Bonchev–Trinajstić information content (AvgIpc) is 3.36. The number of carbonyl (C=O) groups excluding carboxylic acids is 3. The molecule has 3 rings (SSSR count). The van der Waals surface area contributed by atoms with E-state index >= 15 is 0 Å². The van der Waals surface area contributed by atoms with Crippen molar-refractivity contribution in [3.8, 4) is 0 Å². The molecule has 1 aliphatic rings. The summed E-state index contributed by atoms with van der Waals surface area (Å²) in [6.07, 6.45) is 2.23. The first-order valence-electron chi connectivity index (χ1n) is 7.88. The van der Waals surface area contributed by atoms with Crippen LogP contribution in [0.3, 0.4) is 0 Å². The van der Waals surface area contributed by atoms with Gasteiger partial charge in [0, 0.05) is 22.9 Å². The van der Waals surface area contributed by atoms with E-state index in [1.807, 2.05) is 0 Å². The van der Waals surface area contributed by atoms with Gasteiger partial charge in [-0.05, 0) is 37.1 Å². The number of benzene rings is 1. The zero-order valence-corrected chi connectivity index (χ0v) is 13.7. The number of esters is 1. The molecular weight excluding hydrogens is 324 g/mol. The highest BCUT2D eigenvalue weighted by Gasteiger charge is 2.26. The Labute approximate surface area is 143 Å². The Morgan fingerprint density at radius 3 is 2.76 bits per heavy atom. The van der Waals surface area contributed by atoms with Gasteiger partial charge in [-0.15, -0.1) is 0 Å². The fourth-order valence-electron chi connectivity index (χ4n) is 2.32. The van der Waals surface area contributed by atoms with E-state index in [-0.39, 0.29) is 12.5 Å². The van der Waals surface area contributed by atoms with Crippen LogP contribution in [0, 0.1) is 0 Å². The van der Waals surface area contributed by atoms with Gasteiger partial charge in [0.15, 0.2) is 5.69 Å². The van der Waals surface area contributed by atoms with Crippen LogP contribution in [0.5, 0.6) is 0 Å². The van der Waals surface area contributed by atoms with Crippen molar-refractivity contribution >= 4 is 23.5 Å². The van der Waals surface area contributed by atoms with Crippen molar-refractivity contribution in [1.29, 1.82) is 0 Å². The minimum absolute atomic E-state index is 0.219. The van der Waals surface area contributed by atoms with Gasteiger partial charge in [0.25, 0.3) is 11.8 Å². The fraction of sp³-hybridized carbons (Fsp3) is 0.294. The van der Waals surface area contributed by atoms with Gasteiger partial charge in [0.1, 0.15) is 6.54 Å². The summed E-state index contributed by atoms with van der Waals surface area (Å²) in [5.74, 6) is -0.841. The molecule has 2 amide bonds. The van der Waals surface area contributed by atoms with Gasteiger partial charge in [-0.1, -0.05) is 6.07 Å². The molecule has 1 aromatic carbocycles. The first kappa shape index (κ1) is 16.7. The minimum atomic E-state index is -0.539. The first-order valence-corrected chi connectivity index (χ1v) is 7.88. The smallest absolute Gasteiger partial charge is 0.325 e. The number of nitrogens with zero attached hydrogens (tertiary/aromatic N) is 1. The molecule has 0 atom stereocenters. The lowest BCUT2D eigenvalue weighted by Gasteiger charge is -2.07. The molecule has 25 heavy (non-hydrogen) atoms. The first-order chi connectivity index (χ1) is 12.1. The van der Waals surface area contributed by atoms with Crippen molar-refractivity contribution in [3.63, 3.8) is 0 Å². The number of ether oxygens (including phenoxy) is 1. The van der Waals surface area contributed by atoms with Crippen molar-refractivity contribution in [3.05, 3.63) is 47.3 Å². The highest BCUT2D eigenvalue weighted by atomic mass is 16.5. The Bertz CT molecular complexity index is 810. The SMILES string of the molecule is COC(=O)CNC(=O)c1cccc(NC(=O)c2cc(C3CC3)[nH]n2)c1. The lowest BCUT2D eigenvalue weighted by molar-refractivity contribution is -0.139. The molecule has 0 radical (unpaired) electrons. The van der Waals surface area contributed by atoms with Gasteiger partial charge in [0.05, 0.1) is 7.11 Å². The lowest BCUT2D eigenvalue weighted by Crippen LogP contribution is -2.30. The topological polar surface area (TPSA) is 113 Å². The summed E-state index contributed by atoms with van der Waals surface area (Å²) in [4.78, 5) is 35.3. The van der Waals surface area contributed by atoms with Crippen LogP contribution in [-0.2, 0) is 9.53 Å². The molecule has 130 valence electrons. The van der Waals surface area contributed by atoms with E-state index in [0.717, 1.165) is 18.5 Å². The highest BCUT2D eigenvalue weighted by Crippen LogP contribution is 2.39. The van der Waals surface area contributed by atoms with Crippen molar-refractivity contribution in [2.45, 2.75) is 18.8 Å². The van der Waals surface area contributed by atoms with E-state index < -0.39 is 11.9 Å². The predicted molar refractivity (Wildman–Crippen MR) is 89.3 cm³/mol. The number of H-pyrrole nitrogens is 1. The molecular formula is C17H18N4O4. The van der Waals surface area contributed by atoms with Crippen LogP contribution in [0.4, 0.5) is 5.69 Å². The van der Waals surface area contributed by atoms with Crippen LogP contribution in [0.1, 0.15) is 45.3 Å². The van der Waals surface area contributed by atoms with E-state index in [0.29, 0.717) is 22.9 Å². The summed E-state index contributed by atoms with van der Waals surface area (Å²) >= 11 is 0. The molecule has 0 unspecified atom stereocenters. The highest BCUT2D eigenvalue weighted by molar-refractivity contribution is 6.04. The van der Waals surface area contributed by atoms with E-state index in [4.69, 9.17) is 0 Å². The Balaban J connectivity index is 1.63. The maximum Gasteiger partial charge on any atom is 0.325 e.